The molecule has 1 aliphatic rings. The summed E-state index contributed by atoms with van der Waals surface area (Å²) < 4.78 is 6.77. The summed E-state index contributed by atoms with van der Waals surface area (Å²) in [7, 11) is 1.66. The van der Waals surface area contributed by atoms with Gasteiger partial charge in [-0.05, 0) is 0 Å². The molecule has 0 radical (unpaired) electrons. The van der Waals surface area contributed by atoms with Gasteiger partial charge in [-0.1, -0.05) is 0 Å². The number of nitrogens with two attached hydrogens (primary N) is 1. The standard InChI is InChI=1S/C11H16N6O4/c1-13-9-5-8(12)14-3-15-10(5)17(16-9)11-7(20)6(19)4(2-18)21-11/h3-4,6-7,11,18-20H,2H2,1H3,(H,13,16)(H2,12,14,15)/t4-,6-,7-,11-/m1/s1. The molecule has 0 amide bonds. The van der Waals surface area contributed by atoms with Gasteiger partial charge in [0, 0.05) is 7.05 Å². The Kier molecular flexibility index (Phi) is 3.37. The predicted molar refractivity (Wildman–Crippen MR) is 72.3 cm³/mol. The normalized spacial score (nSPS) is 29.1. The SMILES string of the molecule is CNc1nn([C@@H]2O[C@H](CO)[C@@H](O)[C@H]2O)c2ncnc(N)c12. The molecular weight excluding hydrogens is 280 g/mol. The van der Waals surface area contributed by atoms with Crippen LogP contribution in [0.4, 0.5) is 11.6 Å². The Bertz CT molecular complexity index is 661. The minimum absolute atomic E-state index is 0.238. The number of hydrogen-bond acceptors (Lipinski definition) is 9. The molecule has 2 aromatic rings. The molecule has 1 fully saturated rings. The van der Waals surface area contributed by atoms with Gasteiger partial charge >= 0.3 is 0 Å². The minimum Gasteiger partial charge on any atom is -0.394 e. The molecule has 3 rings (SSSR count). The Labute approximate surface area is 119 Å². The van der Waals surface area contributed by atoms with Crippen molar-refractivity contribution in [2.75, 3.05) is 24.7 Å². The van der Waals surface area contributed by atoms with Gasteiger partial charge in [0.15, 0.2) is 17.7 Å². The van der Waals surface area contributed by atoms with Gasteiger partial charge in [-0.2, -0.15) is 0 Å². The fraction of sp³-hybridized carbons (Fsp3) is 0.545. The van der Waals surface area contributed by atoms with Crippen molar-refractivity contribution in [2.24, 2.45) is 0 Å². The van der Waals surface area contributed by atoms with Crippen LogP contribution in [-0.4, -0.2) is 67.0 Å². The number of aliphatic hydroxyl groups is 3. The van der Waals surface area contributed by atoms with Gasteiger partial charge in [0.05, 0.1) is 6.61 Å². The Morgan fingerprint density at radius 1 is 1.38 bits per heavy atom. The second-order valence-corrected chi connectivity index (χ2v) is 4.73. The molecule has 2 aromatic heterocycles. The number of fused-ring (bicyclic) bond motifs is 1. The Morgan fingerprint density at radius 2 is 2.14 bits per heavy atom. The van der Waals surface area contributed by atoms with Crippen LogP contribution < -0.4 is 11.1 Å². The van der Waals surface area contributed by atoms with Gasteiger partial charge < -0.3 is 31.1 Å². The highest BCUT2D eigenvalue weighted by atomic mass is 16.6. The van der Waals surface area contributed by atoms with Gasteiger partial charge in [-0.3, -0.25) is 0 Å². The van der Waals surface area contributed by atoms with Gasteiger partial charge in [0.2, 0.25) is 0 Å². The van der Waals surface area contributed by atoms with Crippen molar-refractivity contribution < 1.29 is 20.1 Å². The monoisotopic (exact) mass is 296 g/mol. The highest BCUT2D eigenvalue weighted by Crippen LogP contribution is 2.34. The molecule has 0 unspecified atom stereocenters. The maximum Gasteiger partial charge on any atom is 0.181 e. The number of nitrogens with one attached hydrogen (secondary N) is 1. The Hall–Kier alpha value is -2.01. The number of ether oxygens (including phenoxy) is 1. The number of aliphatic hydroxyl groups excluding tert-OH is 3. The lowest BCUT2D eigenvalue weighted by atomic mass is 10.1. The number of nitrogen functional groups attached to an aromatic ring is 1. The van der Waals surface area contributed by atoms with Gasteiger partial charge in [-0.25, -0.2) is 14.6 Å². The third kappa shape index (κ3) is 2.00. The summed E-state index contributed by atoms with van der Waals surface area (Å²) in [5.74, 6) is 0.670. The molecule has 10 nitrogen and oxygen atoms in total. The molecule has 6 N–H and O–H groups in total. The van der Waals surface area contributed by atoms with Crippen LogP contribution in [0, 0.1) is 0 Å². The summed E-state index contributed by atoms with van der Waals surface area (Å²) in [5, 5.41) is 36.7. The molecule has 114 valence electrons. The molecule has 0 saturated carbocycles. The summed E-state index contributed by atoms with van der Waals surface area (Å²) in [6, 6.07) is 0. The van der Waals surface area contributed by atoms with E-state index in [1.165, 1.54) is 11.0 Å². The van der Waals surface area contributed by atoms with Crippen LogP contribution in [-0.2, 0) is 4.74 Å². The van der Waals surface area contributed by atoms with Crippen molar-refractivity contribution >= 4 is 22.7 Å². The van der Waals surface area contributed by atoms with Crippen molar-refractivity contribution in [1.82, 2.24) is 19.7 Å². The fourth-order valence-corrected chi connectivity index (χ4v) is 2.43. The van der Waals surface area contributed by atoms with Crippen molar-refractivity contribution in [2.45, 2.75) is 24.5 Å². The van der Waals surface area contributed by atoms with Gasteiger partial charge in [-0.15, -0.1) is 5.10 Å². The van der Waals surface area contributed by atoms with E-state index in [1.54, 1.807) is 7.05 Å². The maximum atomic E-state index is 10.1. The third-order valence-corrected chi connectivity index (χ3v) is 3.51. The predicted octanol–water partition coefficient (Wildman–Crippen LogP) is -1.94. The Balaban J connectivity index is 2.11. The van der Waals surface area contributed by atoms with Crippen molar-refractivity contribution in [1.29, 1.82) is 0 Å². The van der Waals surface area contributed by atoms with E-state index >= 15 is 0 Å². The van der Waals surface area contributed by atoms with Crippen LogP contribution in [0.5, 0.6) is 0 Å². The molecule has 1 saturated heterocycles. The van der Waals surface area contributed by atoms with Crippen LogP contribution in [0.1, 0.15) is 6.23 Å². The molecule has 21 heavy (non-hydrogen) atoms. The number of hydrogen-bond donors (Lipinski definition) is 5. The van der Waals surface area contributed by atoms with E-state index in [4.69, 9.17) is 15.6 Å². The average Bonchev–Trinajstić information content (AvgIpc) is 2.99. The first-order valence-electron chi connectivity index (χ1n) is 6.37. The first-order chi connectivity index (χ1) is 10.1. The molecule has 0 bridgehead atoms. The van der Waals surface area contributed by atoms with E-state index in [1.807, 2.05) is 0 Å². The summed E-state index contributed by atoms with van der Waals surface area (Å²) in [6.45, 7) is -0.413. The van der Waals surface area contributed by atoms with Crippen LogP contribution in [0.15, 0.2) is 6.33 Å². The van der Waals surface area contributed by atoms with Crippen molar-refractivity contribution in [3.8, 4) is 0 Å². The van der Waals surface area contributed by atoms with E-state index < -0.39 is 31.1 Å². The number of aromatic nitrogens is 4. The molecular formula is C11H16N6O4. The molecule has 1 aliphatic heterocycles. The van der Waals surface area contributed by atoms with Crippen LogP contribution >= 0.6 is 0 Å². The first-order valence-corrected chi connectivity index (χ1v) is 6.37. The largest absolute Gasteiger partial charge is 0.394 e. The van der Waals surface area contributed by atoms with E-state index in [-0.39, 0.29) is 5.82 Å². The first kappa shape index (κ1) is 13.9. The van der Waals surface area contributed by atoms with Crippen molar-refractivity contribution in [3.63, 3.8) is 0 Å². The number of rotatable bonds is 3. The van der Waals surface area contributed by atoms with E-state index in [0.717, 1.165) is 0 Å². The molecule has 0 spiro atoms. The fourth-order valence-electron chi connectivity index (χ4n) is 2.43. The quantitative estimate of drug-likeness (QED) is 0.435. The summed E-state index contributed by atoms with van der Waals surface area (Å²) >= 11 is 0. The second-order valence-electron chi connectivity index (χ2n) is 4.73. The Morgan fingerprint density at radius 3 is 2.76 bits per heavy atom. The molecule has 10 heteroatoms. The van der Waals surface area contributed by atoms with Gasteiger partial charge in [0.25, 0.3) is 0 Å². The average molecular weight is 296 g/mol. The second kappa shape index (κ2) is 5.07. The summed E-state index contributed by atoms with van der Waals surface area (Å²) in [5.41, 5.74) is 6.19. The zero-order valence-corrected chi connectivity index (χ0v) is 11.2. The number of nitrogens with zero attached hydrogens (tertiary/aromatic N) is 4. The number of anilines is 2. The van der Waals surface area contributed by atoms with Crippen LogP contribution in [0.25, 0.3) is 11.0 Å². The topological polar surface area (TPSA) is 152 Å². The smallest absolute Gasteiger partial charge is 0.181 e. The lowest BCUT2D eigenvalue weighted by Gasteiger charge is -2.15. The minimum atomic E-state index is -1.24. The molecule has 3 heterocycles. The third-order valence-electron chi connectivity index (χ3n) is 3.51. The maximum absolute atomic E-state index is 10.1. The van der Waals surface area contributed by atoms with E-state index in [2.05, 4.69) is 20.4 Å². The molecule has 0 aliphatic carbocycles. The lowest BCUT2D eigenvalue weighted by molar-refractivity contribution is -0.0565. The molecule has 0 aromatic carbocycles. The van der Waals surface area contributed by atoms with Crippen LogP contribution in [0.3, 0.4) is 0 Å². The summed E-state index contributed by atoms with van der Waals surface area (Å²) in [6.07, 6.45) is -3.04. The van der Waals surface area contributed by atoms with Crippen molar-refractivity contribution in [3.05, 3.63) is 6.33 Å². The molecule has 4 atom stereocenters. The van der Waals surface area contributed by atoms with E-state index in [9.17, 15) is 10.2 Å². The zero-order chi connectivity index (χ0) is 15.1. The zero-order valence-electron chi connectivity index (χ0n) is 11.2. The van der Waals surface area contributed by atoms with Crippen LogP contribution in [0.2, 0.25) is 0 Å². The summed E-state index contributed by atoms with van der Waals surface area (Å²) in [4.78, 5) is 8.00. The lowest BCUT2D eigenvalue weighted by Crippen LogP contribution is -2.33. The highest BCUT2D eigenvalue weighted by Gasteiger charge is 2.44. The highest BCUT2D eigenvalue weighted by molar-refractivity contribution is 5.95. The van der Waals surface area contributed by atoms with E-state index in [0.29, 0.717) is 16.9 Å². The van der Waals surface area contributed by atoms with Gasteiger partial charge in [0.1, 0.15) is 35.8 Å².